The summed E-state index contributed by atoms with van der Waals surface area (Å²) in [6, 6.07) is 9.79. The molecule has 0 bridgehead atoms. The van der Waals surface area contributed by atoms with Crippen molar-refractivity contribution < 1.29 is 23.9 Å². The van der Waals surface area contributed by atoms with Gasteiger partial charge in [-0.2, -0.15) is 0 Å². The molecule has 7 heteroatoms. The smallest absolute Gasteiger partial charge is 0.449 e. The van der Waals surface area contributed by atoms with Crippen LogP contribution in [0.4, 0.5) is 10.5 Å². The molecular formula is C27H36N3O4+. The molecule has 1 amide bonds. The van der Waals surface area contributed by atoms with Gasteiger partial charge in [-0.15, -0.1) is 0 Å². The topological polar surface area (TPSA) is 79.7 Å². The summed E-state index contributed by atoms with van der Waals surface area (Å²) in [6.45, 7) is 8.13. The lowest BCUT2D eigenvalue weighted by molar-refractivity contribution is -0.892. The molecule has 1 aliphatic carbocycles. The van der Waals surface area contributed by atoms with Gasteiger partial charge in [0.25, 0.3) is 0 Å². The van der Waals surface area contributed by atoms with Gasteiger partial charge < -0.3 is 14.7 Å². The number of aromatic nitrogens is 1. The van der Waals surface area contributed by atoms with E-state index >= 15 is 0 Å². The lowest BCUT2D eigenvalue weighted by atomic mass is 9.88. The third-order valence-corrected chi connectivity index (χ3v) is 7.49. The van der Waals surface area contributed by atoms with Crippen LogP contribution in [0.5, 0.6) is 5.75 Å². The summed E-state index contributed by atoms with van der Waals surface area (Å²) < 4.78 is 5.33. The highest BCUT2D eigenvalue weighted by atomic mass is 16.7. The Labute approximate surface area is 201 Å². The second-order valence-electron chi connectivity index (χ2n) is 11.0. The summed E-state index contributed by atoms with van der Waals surface area (Å²) in [6.07, 6.45) is 6.44. The van der Waals surface area contributed by atoms with Crippen LogP contribution in [0.1, 0.15) is 63.6 Å². The number of carboxylic acid groups (broad SMARTS) is 1. The minimum Gasteiger partial charge on any atom is -0.449 e. The van der Waals surface area contributed by atoms with Crippen molar-refractivity contribution in [3.05, 3.63) is 53.9 Å². The minimum absolute atomic E-state index is 0.000305. The average Bonchev–Trinajstić information content (AvgIpc) is 3.21. The van der Waals surface area contributed by atoms with E-state index in [-0.39, 0.29) is 23.4 Å². The van der Waals surface area contributed by atoms with E-state index in [1.165, 1.54) is 11.3 Å². The van der Waals surface area contributed by atoms with E-state index in [0.717, 1.165) is 44.3 Å². The Bertz CT molecular complexity index is 1040. The third-order valence-electron chi connectivity index (χ3n) is 7.49. The number of hydrogen-bond acceptors (Lipinski definition) is 5. The number of anilines is 1. The van der Waals surface area contributed by atoms with Gasteiger partial charge in [-0.05, 0) is 41.7 Å². The molecule has 2 unspecified atom stereocenters. The SMILES string of the molecule is CC(C)(C)CC(=O)[N+](C)(C1CCN(c2ccncc2)CC1)C1CCc2ccc(OC(=O)O)cc21. The number of carbonyl (C=O) groups is 2. The Morgan fingerprint density at radius 3 is 2.41 bits per heavy atom. The molecule has 1 N–H and O–H groups in total. The number of ether oxygens (including phenoxy) is 1. The van der Waals surface area contributed by atoms with Crippen molar-refractivity contribution in [1.29, 1.82) is 0 Å². The maximum absolute atomic E-state index is 14.0. The normalized spacial score (nSPS) is 20.5. The summed E-state index contributed by atoms with van der Waals surface area (Å²) in [5, 5.41) is 9.09. The second-order valence-corrected chi connectivity index (χ2v) is 11.0. The molecule has 1 saturated heterocycles. The first kappa shape index (κ1) is 24.2. The van der Waals surface area contributed by atoms with Crippen LogP contribution in [0, 0.1) is 5.41 Å². The van der Waals surface area contributed by atoms with Gasteiger partial charge >= 0.3 is 12.1 Å². The molecule has 2 aliphatic rings. The van der Waals surface area contributed by atoms with E-state index in [2.05, 4.69) is 37.7 Å². The number of nitrogens with zero attached hydrogens (tertiary/aromatic N) is 3. The molecule has 182 valence electrons. The molecule has 7 nitrogen and oxygen atoms in total. The summed E-state index contributed by atoms with van der Waals surface area (Å²) in [5.41, 5.74) is 3.31. The first-order valence-corrected chi connectivity index (χ1v) is 12.2. The molecular weight excluding hydrogens is 430 g/mol. The summed E-state index contributed by atoms with van der Waals surface area (Å²) in [4.78, 5) is 31.6. The number of benzene rings is 1. The van der Waals surface area contributed by atoms with Crippen LogP contribution in [0.3, 0.4) is 0 Å². The Morgan fingerprint density at radius 1 is 1.12 bits per heavy atom. The predicted octanol–water partition coefficient (Wildman–Crippen LogP) is 5.20. The van der Waals surface area contributed by atoms with Gasteiger partial charge in [-0.25, -0.2) is 9.59 Å². The fourth-order valence-electron chi connectivity index (χ4n) is 5.75. The number of fused-ring (bicyclic) bond motifs is 1. The predicted molar refractivity (Wildman–Crippen MR) is 131 cm³/mol. The molecule has 2 aromatic rings. The van der Waals surface area contributed by atoms with E-state index < -0.39 is 6.16 Å². The number of piperidine rings is 1. The average molecular weight is 467 g/mol. The zero-order valence-electron chi connectivity index (χ0n) is 20.7. The molecule has 2 atom stereocenters. The van der Waals surface area contributed by atoms with Gasteiger partial charge in [-0.1, -0.05) is 26.8 Å². The number of quaternary nitrogens is 1. The highest BCUT2D eigenvalue weighted by Crippen LogP contribution is 2.45. The van der Waals surface area contributed by atoms with Crippen molar-refractivity contribution in [1.82, 2.24) is 4.98 Å². The van der Waals surface area contributed by atoms with Gasteiger partial charge in [0.15, 0.2) is 0 Å². The third kappa shape index (κ3) is 4.94. The van der Waals surface area contributed by atoms with Crippen LogP contribution in [0.2, 0.25) is 0 Å². The fraction of sp³-hybridized carbons (Fsp3) is 0.519. The van der Waals surface area contributed by atoms with Crippen LogP contribution in [-0.4, -0.2) is 52.8 Å². The Hall–Kier alpha value is -2.93. The van der Waals surface area contributed by atoms with Crippen molar-refractivity contribution in [2.45, 2.75) is 65.0 Å². The van der Waals surface area contributed by atoms with Gasteiger partial charge in [0, 0.05) is 56.0 Å². The standard InChI is InChI=1S/C27H35N3O4/c1-27(2,3)18-25(31)30(4,21-11-15-29(16-12-21)20-9-13-28-14-10-20)24-8-6-19-5-7-22(17-23(19)24)34-26(32)33/h5,7,9-10,13-14,17,21,24H,6,8,11-12,15-16,18H2,1-4H3/p+1. The molecule has 4 rings (SSSR count). The Kier molecular flexibility index (Phi) is 6.67. The fourth-order valence-corrected chi connectivity index (χ4v) is 5.75. The largest absolute Gasteiger partial charge is 0.511 e. The van der Waals surface area contributed by atoms with Crippen LogP contribution in [-0.2, 0) is 11.2 Å². The highest BCUT2D eigenvalue weighted by Gasteiger charge is 2.50. The van der Waals surface area contributed by atoms with Gasteiger partial charge in [0.1, 0.15) is 11.8 Å². The van der Waals surface area contributed by atoms with Crippen molar-refractivity contribution in [3.63, 3.8) is 0 Å². The number of aryl methyl sites for hydroxylation is 1. The number of hydrogen-bond donors (Lipinski definition) is 1. The van der Waals surface area contributed by atoms with Crippen molar-refractivity contribution >= 4 is 17.7 Å². The van der Waals surface area contributed by atoms with Gasteiger partial charge in [-0.3, -0.25) is 9.47 Å². The molecule has 1 aromatic heterocycles. The van der Waals surface area contributed by atoms with Crippen molar-refractivity contribution in [2.24, 2.45) is 5.41 Å². The Morgan fingerprint density at radius 2 is 1.79 bits per heavy atom. The first-order chi connectivity index (χ1) is 16.1. The molecule has 0 radical (unpaired) electrons. The maximum atomic E-state index is 14.0. The van der Waals surface area contributed by atoms with Crippen LogP contribution < -0.4 is 9.64 Å². The highest BCUT2D eigenvalue weighted by molar-refractivity contribution is 5.70. The first-order valence-electron chi connectivity index (χ1n) is 12.2. The van der Waals surface area contributed by atoms with Crippen LogP contribution >= 0.6 is 0 Å². The van der Waals surface area contributed by atoms with Crippen molar-refractivity contribution in [2.75, 3.05) is 25.0 Å². The summed E-state index contributed by atoms with van der Waals surface area (Å²) in [7, 11) is 2.12. The molecule has 0 spiro atoms. The Balaban J connectivity index is 1.65. The van der Waals surface area contributed by atoms with Crippen molar-refractivity contribution in [3.8, 4) is 5.75 Å². The van der Waals surface area contributed by atoms with Gasteiger partial charge in [0.2, 0.25) is 0 Å². The zero-order chi connectivity index (χ0) is 24.5. The quantitative estimate of drug-likeness (QED) is 0.370. The van der Waals surface area contributed by atoms with E-state index in [4.69, 9.17) is 9.84 Å². The molecule has 0 saturated carbocycles. The number of rotatable bonds is 5. The zero-order valence-corrected chi connectivity index (χ0v) is 20.7. The summed E-state index contributed by atoms with van der Waals surface area (Å²) in [5.74, 6) is 0.581. The number of carbonyl (C=O) groups excluding carboxylic acids is 1. The lowest BCUT2D eigenvalue weighted by Gasteiger charge is -2.48. The van der Waals surface area contributed by atoms with E-state index in [1.807, 2.05) is 36.7 Å². The molecule has 34 heavy (non-hydrogen) atoms. The van der Waals surface area contributed by atoms with Gasteiger partial charge in [0.05, 0.1) is 19.5 Å². The molecule has 2 heterocycles. The van der Waals surface area contributed by atoms with Crippen LogP contribution in [0.15, 0.2) is 42.7 Å². The molecule has 1 aromatic carbocycles. The lowest BCUT2D eigenvalue weighted by Crippen LogP contribution is -2.61. The number of pyridine rings is 1. The van der Waals surface area contributed by atoms with E-state index in [0.29, 0.717) is 16.7 Å². The monoisotopic (exact) mass is 466 g/mol. The van der Waals surface area contributed by atoms with Crippen LogP contribution in [0.25, 0.3) is 0 Å². The maximum Gasteiger partial charge on any atom is 0.511 e. The molecule has 1 fully saturated rings. The molecule has 1 aliphatic heterocycles. The van der Waals surface area contributed by atoms with E-state index in [9.17, 15) is 9.59 Å². The summed E-state index contributed by atoms with van der Waals surface area (Å²) >= 11 is 0. The second kappa shape index (κ2) is 9.37. The minimum atomic E-state index is -1.32. The van der Waals surface area contributed by atoms with E-state index in [1.54, 1.807) is 6.07 Å². The number of amides is 1.